The highest BCUT2D eigenvalue weighted by Crippen LogP contribution is 2.16. The van der Waals surface area contributed by atoms with Gasteiger partial charge in [-0.1, -0.05) is 6.07 Å². The van der Waals surface area contributed by atoms with E-state index in [1.807, 2.05) is 0 Å². The van der Waals surface area contributed by atoms with E-state index in [1.165, 1.54) is 30.3 Å². The van der Waals surface area contributed by atoms with Crippen molar-refractivity contribution >= 4 is 23.2 Å². The Hall–Kier alpha value is -3.00. The number of nitrogens with zero attached hydrogens (tertiary/aromatic N) is 2. The molecule has 2 amide bonds. The number of hydrogen-bond donors (Lipinski definition) is 2. The lowest BCUT2D eigenvalue weighted by Gasteiger charge is -2.36. The smallest absolute Gasteiger partial charge is 0.313 e. The maximum Gasteiger partial charge on any atom is 0.313 e. The van der Waals surface area contributed by atoms with Crippen molar-refractivity contribution in [3.63, 3.8) is 0 Å². The molecule has 2 N–H and O–H groups in total. The normalized spacial score (nSPS) is 14.6. The first-order valence-electron chi connectivity index (χ1n) is 9.09. The first-order valence-corrected chi connectivity index (χ1v) is 9.09. The highest BCUT2D eigenvalue weighted by Gasteiger charge is 2.18. The van der Waals surface area contributed by atoms with Crippen LogP contribution in [0, 0.1) is 11.6 Å². The molecule has 1 saturated heterocycles. The molecule has 1 fully saturated rings. The van der Waals surface area contributed by atoms with Crippen molar-refractivity contribution < 1.29 is 18.4 Å². The number of rotatable bonds is 5. The number of carbonyl (C=O) groups excluding carboxylic acids is 2. The minimum atomic E-state index is -0.827. The Morgan fingerprint density at radius 3 is 2.29 bits per heavy atom. The van der Waals surface area contributed by atoms with Gasteiger partial charge in [0.1, 0.15) is 11.6 Å². The Labute approximate surface area is 162 Å². The van der Waals surface area contributed by atoms with Crippen molar-refractivity contribution in [2.75, 3.05) is 49.5 Å². The SMILES string of the molecule is O=C(NCCN1CCN(c2ccc(F)cc2)CC1)C(=O)Nc1cccc(F)c1. The average molecular weight is 388 g/mol. The van der Waals surface area contributed by atoms with Gasteiger partial charge < -0.3 is 15.5 Å². The van der Waals surface area contributed by atoms with Crippen LogP contribution in [0.15, 0.2) is 48.5 Å². The zero-order valence-corrected chi connectivity index (χ0v) is 15.3. The number of piperazine rings is 1. The minimum absolute atomic E-state index is 0.233. The molecule has 28 heavy (non-hydrogen) atoms. The molecule has 2 aromatic carbocycles. The van der Waals surface area contributed by atoms with Crippen LogP contribution in [0.1, 0.15) is 0 Å². The first kappa shape index (κ1) is 19.8. The fourth-order valence-corrected chi connectivity index (χ4v) is 3.04. The molecule has 3 rings (SSSR count). The van der Waals surface area contributed by atoms with Crippen molar-refractivity contribution in [3.05, 3.63) is 60.2 Å². The van der Waals surface area contributed by atoms with Gasteiger partial charge in [-0.2, -0.15) is 0 Å². The Kier molecular flexibility index (Phi) is 6.54. The summed E-state index contributed by atoms with van der Waals surface area (Å²) < 4.78 is 26.1. The summed E-state index contributed by atoms with van der Waals surface area (Å²) in [5.41, 5.74) is 1.22. The maximum atomic E-state index is 13.1. The predicted molar refractivity (Wildman–Crippen MR) is 103 cm³/mol. The summed E-state index contributed by atoms with van der Waals surface area (Å²) >= 11 is 0. The summed E-state index contributed by atoms with van der Waals surface area (Å²) in [6.07, 6.45) is 0. The summed E-state index contributed by atoms with van der Waals surface area (Å²) in [6.45, 7) is 4.19. The van der Waals surface area contributed by atoms with Gasteiger partial charge in [0, 0.05) is 50.6 Å². The summed E-state index contributed by atoms with van der Waals surface area (Å²) in [5.74, 6) is -2.32. The fraction of sp³-hybridized carbons (Fsp3) is 0.300. The number of halogens is 2. The second kappa shape index (κ2) is 9.27. The molecule has 148 valence electrons. The number of anilines is 2. The van der Waals surface area contributed by atoms with Crippen molar-refractivity contribution in [3.8, 4) is 0 Å². The summed E-state index contributed by atoms with van der Waals surface area (Å²) in [6, 6.07) is 11.8. The lowest BCUT2D eigenvalue weighted by atomic mass is 10.2. The summed E-state index contributed by atoms with van der Waals surface area (Å²) in [5, 5.41) is 4.93. The van der Waals surface area contributed by atoms with E-state index >= 15 is 0 Å². The fourth-order valence-electron chi connectivity index (χ4n) is 3.04. The van der Waals surface area contributed by atoms with E-state index in [0.717, 1.165) is 37.9 Å². The molecular weight excluding hydrogens is 366 g/mol. The highest BCUT2D eigenvalue weighted by atomic mass is 19.1. The molecular formula is C20H22F2N4O2. The molecule has 1 aliphatic rings. The van der Waals surface area contributed by atoms with Gasteiger partial charge in [-0.3, -0.25) is 14.5 Å². The molecule has 2 aromatic rings. The van der Waals surface area contributed by atoms with E-state index < -0.39 is 17.6 Å². The highest BCUT2D eigenvalue weighted by molar-refractivity contribution is 6.39. The van der Waals surface area contributed by atoms with Crippen LogP contribution < -0.4 is 15.5 Å². The molecule has 1 heterocycles. The second-order valence-corrected chi connectivity index (χ2v) is 6.53. The Morgan fingerprint density at radius 2 is 1.61 bits per heavy atom. The second-order valence-electron chi connectivity index (χ2n) is 6.53. The van der Waals surface area contributed by atoms with Crippen LogP contribution in [-0.4, -0.2) is 56.0 Å². The number of nitrogens with one attached hydrogen (secondary N) is 2. The van der Waals surface area contributed by atoms with Crippen molar-refractivity contribution in [1.82, 2.24) is 10.2 Å². The van der Waals surface area contributed by atoms with Crippen LogP contribution in [0.3, 0.4) is 0 Å². The average Bonchev–Trinajstić information content (AvgIpc) is 2.69. The topological polar surface area (TPSA) is 64.7 Å². The van der Waals surface area contributed by atoms with E-state index in [-0.39, 0.29) is 11.5 Å². The van der Waals surface area contributed by atoms with Gasteiger partial charge in [0.05, 0.1) is 0 Å². The molecule has 0 radical (unpaired) electrons. The van der Waals surface area contributed by atoms with Crippen molar-refractivity contribution in [2.45, 2.75) is 0 Å². The standard InChI is InChI=1S/C20H22F2N4O2/c21-15-4-6-18(7-5-15)26-12-10-25(11-13-26)9-8-23-19(27)20(28)24-17-3-1-2-16(22)14-17/h1-7,14H,8-13H2,(H,23,27)(H,24,28). The molecule has 6 nitrogen and oxygen atoms in total. The lowest BCUT2D eigenvalue weighted by Crippen LogP contribution is -2.49. The van der Waals surface area contributed by atoms with Gasteiger partial charge in [0.15, 0.2) is 0 Å². The number of amides is 2. The van der Waals surface area contributed by atoms with E-state index in [4.69, 9.17) is 0 Å². The van der Waals surface area contributed by atoms with Crippen molar-refractivity contribution in [1.29, 1.82) is 0 Å². The van der Waals surface area contributed by atoms with Gasteiger partial charge in [-0.25, -0.2) is 8.78 Å². The Balaban J connectivity index is 1.36. The molecule has 0 atom stereocenters. The van der Waals surface area contributed by atoms with Gasteiger partial charge in [0.2, 0.25) is 0 Å². The molecule has 8 heteroatoms. The van der Waals surface area contributed by atoms with Gasteiger partial charge in [-0.15, -0.1) is 0 Å². The molecule has 0 unspecified atom stereocenters. The largest absolute Gasteiger partial charge is 0.369 e. The van der Waals surface area contributed by atoms with Crippen LogP contribution in [-0.2, 0) is 9.59 Å². The van der Waals surface area contributed by atoms with Gasteiger partial charge in [0.25, 0.3) is 0 Å². The third-order valence-electron chi connectivity index (χ3n) is 4.57. The zero-order chi connectivity index (χ0) is 19.9. The Morgan fingerprint density at radius 1 is 0.893 bits per heavy atom. The summed E-state index contributed by atoms with van der Waals surface area (Å²) in [7, 11) is 0. The van der Waals surface area contributed by atoms with Crippen LogP contribution in [0.5, 0.6) is 0 Å². The van der Waals surface area contributed by atoms with Crippen molar-refractivity contribution in [2.24, 2.45) is 0 Å². The third kappa shape index (κ3) is 5.50. The number of benzene rings is 2. The minimum Gasteiger partial charge on any atom is -0.369 e. The Bertz CT molecular complexity index is 821. The molecule has 0 aromatic heterocycles. The van der Waals surface area contributed by atoms with E-state index in [0.29, 0.717) is 13.1 Å². The monoisotopic (exact) mass is 388 g/mol. The molecule has 0 saturated carbocycles. The van der Waals surface area contributed by atoms with E-state index in [9.17, 15) is 18.4 Å². The first-order chi connectivity index (χ1) is 13.5. The van der Waals surface area contributed by atoms with Crippen LogP contribution in [0.2, 0.25) is 0 Å². The van der Waals surface area contributed by atoms with Crippen LogP contribution in [0.25, 0.3) is 0 Å². The van der Waals surface area contributed by atoms with E-state index in [2.05, 4.69) is 20.4 Å². The van der Waals surface area contributed by atoms with Crippen LogP contribution in [0.4, 0.5) is 20.2 Å². The molecule has 0 spiro atoms. The van der Waals surface area contributed by atoms with Crippen LogP contribution >= 0.6 is 0 Å². The number of hydrogen-bond acceptors (Lipinski definition) is 4. The number of carbonyl (C=O) groups is 2. The zero-order valence-electron chi connectivity index (χ0n) is 15.3. The lowest BCUT2D eigenvalue weighted by molar-refractivity contribution is -0.136. The van der Waals surface area contributed by atoms with Gasteiger partial charge >= 0.3 is 11.8 Å². The third-order valence-corrected chi connectivity index (χ3v) is 4.57. The predicted octanol–water partition coefficient (Wildman–Crippen LogP) is 1.84. The van der Waals surface area contributed by atoms with E-state index in [1.54, 1.807) is 12.1 Å². The van der Waals surface area contributed by atoms with Gasteiger partial charge in [-0.05, 0) is 42.5 Å². The summed E-state index contributed by atoms with van der Waals surface area (Å²) in [4.78, 5) is 28.1. The molecule has 1 aliphatic heterocycles. The molecule has 0 aliphatic carbocycles. The quantitative estimate of drug-likeness (QED) is 0.768. The maximum absolute atomic E-state index is 13.1. The molecule has 0 bridgehead atoms.